The number of primary amides is 1. The van der Waals surface area contributed by atoms with Crippen LogP contribution >= 0.6 is 0 Å². The van der Waals surface area contributed by atoms with Gasteiger partial charge in [-0.2, -0.15) is 0 Å². The maximum Gasteiger partial charge on any atom is 0.262 e. The molecule has 0 bridgehead atoms. The van der Waals surface area contributed by atoms with Crippen LogP contribution in [-0.2, 0) is 4.79 Å². The lowest BCUT2D eigenvalue weighted by Crippen LogP contribution is -2.21. The van der Waals surface area contributed by atoms with E-state index in [0.29, 0.717) is 22.6 Å². The molecule has 0 aliphatic carbocycles. The van der Waals surface area contributed by atoms with Gasteiger partial charge in [0.2, 0.25) is 5.91 Å². The number of anilines is 1. The Morgan fingerprint density at radius 1 is 1.09 bits per heavy atom. The van der Waals surface area contributed by atoms with Gasteiger partial charge in [-0.25, -0.2) is 0 Å². The lowest BCUT2D eigenvalue weighted by Gasteiger charge is -2.12. The number of ether oxygens (including phenoxy) is 1. The summed E-state index contributed by atoms with van der Waals surface area (Å²) in [5.74, 6) is -0.177. The molecule has 5 nitrogen and oxygen atoms in total. The van der Waals surface area contributed by atoms with Gasteiger partial charge in [-0.1, -0.05) is 12.1 Å². The van der Waals surface area contributed by atoms with Crippen molar-refractivity contribution in [2.75, 3.05) is 11.9 Å². The molecule has 0 radical (unpaired) electrons. The zero-order chi connectivity index (χ0) is 17.0. The van der Waals surface area contributed by atoms with E-state index in [0.717, 1.165) is 5.56 Å². The van der Waals surface area contributed by atoms with Gasteiger partial charge in [0.25, 0.3) is 5.91 Å². The van der Waals surface area contributed by atoms with Gasteiger partial charge in [0.1, 0.15) is 5.75 Å². The molecule has 0 spiro atoms. The summed E-state index contributed by atoms with van der Waals surface area (Å²) in [7, 11) is 0. The molecule has 0 saturated carbocycles. The monoisotopic (exact) mass is 312 g/mol. The number of hydrogen-bond acceptors (Lipinski definition) is 3. The molecule has 5 heteroatoms. The molecule has 2 rings (SSSR count). The number of benzene rings is 2. The van der Waals surface area contributed by atoms with Crippen LogP contribution in [-0.4, -0.2) is 18.4 Å². The Labute approximate surface area is 135 Å². The molecule has 0 saturated heterocycles. The summed E-state index contributed by atoms with van der Waals surface area (Å²) >= 11 is 0. The van der Waals surface area contributed by atoms with Crippen molar-refractivity contribution in [1.82, 2.24) is 0 Å². The molecule has 2 amide bonds. The van der Waals surface area contributed by atoms with Crippen LogP contribution in [0.5, 0.6) is 5.75 Å². The Kier molecular flexibility index (Phi) is 5.01. The van der Waals surface area contributed by atoms with Crippen molar-refractivity contribution in [3.63, 3.8) is 0 Å². The highest BCUT2D eigenvalue weighted by Crippen LogP contribution is 2.19. The van der Waals surface area contributed by atoms with Crippen LogP contribution in [0.2, 0.25) is 0 Å². The second kappa shape index (κ2) is 6.96. The van der Waals surface area contributed by atoms with Gasteiger partial charge >= 0.3 is 0 Å². The number of aryl methyl sites for hydroxylation is 2. The first-order valence-corrected chi connectivity index (χ1v) is 7.28. The topological polar surface area (TPSA) is 81.4 Å². The van der Waals surface area contributed by atoms with Crippen LogP contribution in [0.25, 0.3) is 0 Å². The maximum atomic E-state index is 12.0. The van der Waals surface area contributed by atoms with Crippen molar-refractivity contribution in [1.29, 1.82) is 0 Å². The second-order valence-corrected chi connectivity index (χ2v) is 5.43. The van der Waals surface area contributed by atoms with Crippen LogP contribution in [0.3, 0.4) is 0 Å². The minimum Gasteiger partial charge on any atom is -0.484 e. The molecule has 3 N–H and O–H groups in total. The van der Waals surface area contributed by atoms with Crippen LogP contribution in [0.1, 0.15) is 27.0 Å². The first-order chi connectivity index (χ1) is 10.9. The summed E-state index contributed by atoms with van der Waals surface area (Å²) in [6.45, 7) is 5.63. The molecule has 0 atom stereocenters. The number of hydrogen-bond donors (Lipinski definition) is 2. The number of nitrogens with two attached hydrogens (primary N) is 1. The molecule has 0 fully saturated rings. The van der Waals surface area contributed by atoms with E-state index >= 15 is 0 Å². The van der Waals surface area contributed by atoms with Gasteiger partial charge in [0, 0.05) is 11.3 Å². The molecule has 2 aromatic carbocycles. The van der Waals surface area contributed by atoms with Crippen molar-refractivity contribution in [2.45, 2.75) is 20.8 Å². The Hall–Kier alpha value is -2.82. The molecule has 0 aliphatic rings. The second-order valence-electron chi connectivity index (χ2n) is 5.43. The summed E-state index contributed by atoms with van der Waals surface area (Å²) in [6, 6.07) is 10.7. The first-order valence-electron chi connectivity index (χ1n) is 7.28. The summed E-state index contributed by atoms with van der Waals surface area (Å²) in [5.41, 5.74) is 9.15. The molecule has 23 heavy (non-hydrogen) atoms. The highest BCUT2D eigenvalue weighted by Gasteiger charge is 2.11. The predicted molar refractivity (Wildman–Crippen MR) is 89.7 cm³/mol. The third-order valence-electron chi connectivity index (χ3n) is 3.72. The van der Waals surface area contributed by atoms with E-state index in [1.54, 1.807) is 25.1 Å². The molecular formula is C18H20N2O3. The first kappa shape index (κ1) is 16.5. The Morgan fingerprint density at radius 2 is 1.83 bits per heavy atom. The largest absolute Gasteiger partial charge is 0.484 e. The molecule has 2 aromatic rings. The van der Waals surface area contributed by atoms with Gasteiger partial charge in [-0.3, -0.25) is 9.59 Å². The molecule has 0 aliphatic heterocycles. The van der Waals surface area contributed by atoms with E-state index in [1.807, 2.05) is 32.0 Å². The number of carbonyl (C=O) groups excluding carboxylic acids is 2. The Morgan fingerprint density at radius 3 is 2.48 bits per heavy atom. The number of amides is 2. The lowest BCUT2D eigenvalue weighted by atomic mass is 10.1. The van der Waals surface area contributed by atoms with Crippen LogP contribution in [0, 0.1) is 20.8 Å². The van der Waals surface area contributed by atoms with E-state index in [2.05, 4.69) is 5.32 Å². The van der Waals surface area contributed by atoms with E-state index in [9.17, 15) is 9.59 Å². The third kappa shape index (κ3) is 4.10. The zero-order valence-corrected chi connectivity index (χ0v) is 13.5. The zero-order valence-electron chi connectivity index (χ0n) is 13.5. The van der Waals surface area contributed by atoms with Crippen LogP contribution in [0.4, 0.5) is 5.69 Å². The van der Waals surface area contributed by atoms with E-state index in [4.69, 9.17) is 10.5 Å². The smallest absolute Gasteiger partial charge is 0.262 e. The highest BCUT2D eigenvalue weighted by molar-refractivity contribution is 5.98. The van der Waals surface area contributed by atoms with Crippen molar-refractivity contribution in [3.8, 4) is 5.75 Å². The normalized spacial score (nSPS) is 10.2. The van der Waals surface area contributed by atoms with Gasteiger partial charge in [0.15, 0.2) is 6.61 Å². The minimum absolute atomic E-state index is 0.108. The van der Waals surface area contributed by atoms with Gasteiger partial charge < -0.3 is 15.8 Å². The van der Waals surface area contributed by atoms with Crippen LogP contribution < -0.4 is 15.8 Å². The van der Waals surface area contributed by atoms with E-state index in [-0.39, 0.29) is 12.5 Å². The Balaban J connectivity index is 2.01. The fourth-order valence-corrected chi connectivity index (χ4v) is 2.18. The third-order valence-corrected chi connectivity index (χ3v) is 3.72. The van der Waals surface area contributed by atoms with Crippen LogP contribution in [0.15, 0.2) is 36.4 Å². The Bertz CT molecular complexity index is 754. The quantitative estimate of drug-likeness (QED) is 0.890. The summed E-state index contributed by atoms with van der Waals surface area (Å²) in [6.07, 6.45) is 0. The van der Waals surface area contributed by atoms with Crippen molar-refractivity contribution >= 4 is 17.5 Å². The predicted octanol–water partition coefficient (Wildman–Crippen LogP) is 2.73. The molecule has 0 heterocycles. The number of carbonyl (C=O) groups is 2. The number of nitrogens with one attached hydrogen (secondary N) is 1. The van der Waals surface area contributed by atoms with Crippen molar-refractivity contribution in [3.05, 3.63) is 58.7 Å². The standard InChI is InChI=1S/C18H20N2O3/c1-11-7-8-14(9-12(11)2)23-10-17(21)20-16-6-4-5-15(13(16)3)18(19)22/h4-9H,10H2,1-3H3,(H2,19,22)(H,20,21). The van der Waals surface area contributed by atoms with Gasteiger partial charge in [-0.15, -0.1) is 0 Å². The summed E-state index contributed by atoms with van der Waals surface area (Å²) in [5, 5.41) is 2.73. The van der Waals surface area contributed by atoms with Gasteiger partial charge in [-0.05, 0) is 61.7 Å². The highest BCUT2D eigenvalue weighted by atomic mass is 16.5. The fraction of sp³-hybridized carbons (Fsp3) is 0.222. The lowest BCUT2D eigenvalue weighted by molar-refractivity contribution is -0.118. The molecule has 0 aromatic heterocycles. The van der Waals surface area contributed by atoms with Gasteiger partial charge in [0.05, 0.1) is 0 Å². The number of rotatable bonds is 5. The van der Waals surface area contributed by atoms with E-state index in [1.165, 1.54) is 5.56 Å². The van der Waals surface area contributed by atoms with E-state index < -0.39 is 5.91 Å². The average Bonchev–Trinajstić information content (AvgIpc) is 2.50. The summed E-state index contributed by atoms with van der Waals surface area (Å²) < 4.78 is 5.49. The molecular weight excluding hydrogens is 292 g/mol. The average molecular weight is 312 g/mol. The SMILES string of the molecule is Cc1ccc(OCC(=O)Nc2cccc(C(N)=O)c2C)cc1C. The minimum atomic E-state index is -0.523. The van der Waals surface area contributed by atoms with Crippen molar-refractivity contribution in [2.24, 2.45) is 5.73 Å². The fourth-order valence-electron chi connectivity index (χ4n) is 2.18. The van der Waals surface area contributed by atoms with Crippen molar-refractivity contribution < 1.29 is 14.3 Å². The maximum absolute atomic E-state index is 12.0. The molecule has 120 valence electrons. The molecule has 0 unspecified atom stereocenters. The summed E-state index contributed by atoms with van der Waals surface area (Å²) in [4.78, 5) is 23.3.